The number of ether oxygens (including phenoxy) is 1. The van der Waals surface area contributed by atoms with Crippen molar-refractivity contribution in [3.05, 3.63) is 53.6 Å². The molecule has 4 rings (SSSR count). The molecule has 5 nitrogen and oxygen atoms in total. The summed E-state index contributed by atoms with van der Waals surface area (Å²) in [6, 6.07) is 16.2. The lowest BCUT2D eigenvalue weighted by Crippen LogP contribution is -2.56. The zero-order valence-electron chi connectivity index (χ0n) is 17.9. The van der Waals surface area contributed by atoms with Crippen LogP contribution in [0, 0.1) is 0 Å². The number of rotatable bonds is 6. The number of hydrogen-bond donors (Lipinski definition) is 0. The van der Waals surface area contributed by atoms with Gasteiger partial charge in [0.05, 0.1) is 6.61 Å². The molecule has 1 aliphatic rings. The highest BCUT2D eigenvalue weighted by Gasteiger charge is 2.31. The second-order valence-corrected chi connectivity index (χ2v) is 8.78. The average Bonchev–Trinajstić information content (AvgIpc) is 2.78. The molecule has 0 aliphatic carbocycles. The molecule has 0 atom stereocenters. The maximum Gasteiger partial charge on any atom is 0.159 e. The molecule has 30 heavy (non-hydrogen) atoms. The van der Waals surface area contributed by atoms with Gasteiger partial charge in [-0.2, -0.15) is 0 Å². The van der Waals surface area contributed by atoms with Crippen LogP contribution in [-0.2, 0) is 4.74 Å². The molecule has 2 aromatic carbocycles. The predicted octanol–water partition coefficient (Wildman–Crippen LogP) is 4.89. The normalized spacial score (nSPS) is 15.7. The van der Waals surface area contributed by atoms with Gasteiger partial charge in [-0.25, -0.2) is 0 Å². The summed E-state index contributed by atoms with van der Waals surface area (Å²) in [5, 5.41) is 12.3. The Morgan fingerprint density at radius 3 is 2.27 bits per heavy atom. The van der Waals surface area contributed by atoms with Gasteiger partial charge in [0.25, 0.3) is 0 Å². The van der Waals surface area contributed by atoms with Gasteiger partial charge in [0.15, 0.2) is 5.82 Å². The van der Waals surface area contributed by atoms with E-state index in [0.717, 1.165) is 72.3 Å². The van der Waals surface area contributed by atoms with E-state index in [1.54, 1.807) is 0 Å². The van der Waals surface area contributed by atoms with Gasteiger partial charge in [-0.1, -0.05) is 48.0 Å². The highest BCUT2D eigenvalue weighted by Crippen LogP contribution is 2.32. The van der Waals surface area contributed by atoms with Gasteiger partial charge >= 0.3 is 0 Å². The summed E-state index contributed by atoms with van der Waals surface area (Å²) in [4.78, 5) is 4.87. The second kappa shape index (κ2) is 8.88. The molecule has 0 N–H and O–H groups in total. The molecule has 0 bridgehead atoms. The molecule has 0 spiro atoms. The molecule has 6 heteroatoms. The van der Waals surface area contributed by atoms with Crippen molar-refractivity contribution in [2.75, 3.05) is 44.3 Å². The fourth-order valence-electron chi connectivity index (χ4n) is 4.11. The van der Waals surface area contributed by atoms with Gasteiger partial charge < -0.3 is 9.64 Å². The first-order chi connectivity index (χ1) is 14.5. The molecule has 0 unspecified atom stereocenters. The topological polar surface area (TPSA) is 41.5 Å². The Kier molecular flexibility index (Phi) is 6.23. The first-order valence-corrected chi connectivity index (χ1v) is 11.0. The van der Waals surface area contributed by atoms with Gasteiger partial charge in [-0.3, -0.25) is 4.90 Å². The van der Waals surface area contributed by atoms with Crippen molar-refractivity contribution in [3.63, 3.8) is 0 Å². The Hall–Kier alpha value is -2.21. The Morgan fingerprint density at radius 2 is 1.60 bits per heavy atom. The lowest BCUT2D eigenvalue weighted by atomic mass is 10.0. The molecular formula is C24H29ClN4O. The van der Waals surface area contributed by atoms with E-state index in [0.29, 0.717) is 0 Å². The van der Waals surface area contributed by atoms with Crippen LogP contribution < -0.4 is 4.90 Å². The minimum absolute atomic E-state index is 0.0360. The lowest BCUT2D eigenvalue weighted by molar-refractivity contribution is 0.0132. The van der Waals surface area contributed by atoms with Gasteiger partial charge in [-0.15, -0.1) is 10.2 Å². The van der Waals surface area contributed by atoms with Gasteiger partial charge in [0.2, 0.25) is 0 Å². The quantitative estimate of drug-likeness (QED) is 0.563. The van der Waals surface area contributed by atoms with E-state index in [1.807, 2.05) is 31.2 Å². The van der Waals surface area contributed by atoms with E-state index in [2.05, 4.69) is 58.1 Å². The standard InChI is InChI=1S/C24H29ClN4O/c1-4-30-17-24(2,3)29-15-13-28(14-16-29)23-21-8-6-5-7-20(21)22(26-27-23)18-9-11-19(25)12-10-18/h5-12H,4,13-17H2,1-3H3. The Bertz CT molecular complexity index is 998. The van der Waals surface area contributed by atoms with Crippen LogP contribution in [0.3, 0.4) is 0 Å². The van der Waals surface area contributed by atoms with E-state index < -0.39 is 0 Å². The molecule has 1 saturated heterocycles. The maximum atomic E-state index is 6.06. The monoisotopic (exact) mass is 424 g/mol. The Balaban J connectivity index is 1.59. The number of piperazine rings is 1. The molecule has 0 saturated carbocycles. The van der Waals surface area contributed by atoms with Crippen molar-refractivity contribution in [2.45, 2.75) is 26.3 Å². The Labute approximate surface area is 183 Å². The predicted molar refractivity (Wildman–Crippen MR) is 124 cm³/mol. The molecular weight excluding hydrogens is 396 g/mol. The summed E-state index contributed by atoms with van der Waals surface area (Å²) in [6.45, 7) is 11.9. The van der Waals surface area contributed by atoms with Crippen LogP contribution in [0.25, 0.3) is 22.0 Å². The lowest BCUT2D eigenvalue weighted by Gasteiger charge is -2.44. The molecule has 1 fully saturated rings. The summed E-state index contributed by atoms with van der Waals surface area (Å²) in [5.74, 6) is 0.963. The van der Waals surface area contributed by atoms with Crippen LogP contribution in [0.15, 0.2) is 48.5 Å². The minimum Gasteiger partial charge on any atom is -0.380 e. The zero-order chi connectivity index (χ0) is 21.1. The third-order valence-corrected chi connectivity index (χ3v) is 6.13. The fraction of sp³-hybridized carbons (Fsp3) is 0.417. The van der Waals surface area contributed by atoms with E-state index in [9.17, 15) is 0 Å². The van der Waals surface area contributed by atoms with Crippen molar-refractivity contribution in [1.82, 2.24) is 15.1 Å². The smallest absolute Gasteiger partial charge is 0.159 e. The molecule has 1 aromatic heterocycles. The first-order valence-electron chi connectivity index (χ1n) is 10.6. The fourth-order valence-corrected chi connectivity index (χ4v) is 4.24. The van der Waals surface area contributed by atoms with Gasteiger partial charge in [0, 0.05) is 59.7 Å². The summed E-state index contributed by atoms with van der Waals surface area (Å²) >= 11 is 6.06. The largest absolute Gasteiger partial charge is 0.380 e. The first kappa shape index (κ1) is 21.0. The average molecular weight is 425 g/mol. The number of aromatic nitrogens is 2. The number of hydrogen-bond acceptors (Lipinski definition) is 5. The van der Waals surface area contributed by atoms with Crippen LogP contribution in [-0.4, -0.2) is 60.0 Å². The minimum atomic E-state index is 0.0360. The molecule has 0 amide bonds. The molecule has 2 heterocycles. The maximum absolute atomic E-state index is 6.06. The van der Waals surface area contributed by atoms with E-state index >= 15 is 0 Å². The van der Waals surface area contributed by atoms with Crippen molar-refractivity contribution < 1.29 is 4.74 Å². The summed E-state index contributed by atoms with van der Waals surface area (Å²) in [7, 11) is 0. The van der Waals surface area contributed by atoms with Crippen LogP contribution in [0.4, 0.5) is 5.82 Å². The molecule has 1 aliphatic heterocycles. The van der Waals surface area contributed by atoms with E-state index in [-0.39, 0.29) is 5.54 Å². The zero-order valence-corrected chi connectivity index (χ0v) is 18.7. The Morgan fingerprint density at radius 1 is 0.933 bits per heavy atom. The second-order valence-electron chi connectivity index (χ2n) is 8.35. The number of benzene rings is 2. The highest BCUT2D eigenvalue weighted by atomic mass is 35.5. The highest BCUT2D eigenvalue weighted by molar-refractivity contribution is 6.30. The summed E-state index contributed by atoms with van der Waals surface area (Å²) in [6.07, 6.45) is 0. The molecule has 158 valence electrons. The van der Waals surface area contributed by atoms with Crippen molar-refractivity contribution in [3.8, 4) is 11.3 Å². The summed E-state index contributed by atoms with van der Waals surface area (Å²) in [5.41, 5.74) is 1.95. The SMILES string of the molecule is CCOCC(C)(C)N1CCN(c2nnc(-c3ccc(Cl)cc3)c3ccccc23)CC1. The van der Waals surface area contributed by atoms with Gasteiger partial charge in [0.1, 0.15) is 5.69 Å². The third kappa shape index (κ3) is 4.29. The van der Waals surface area contributed by atoms with Gasteiger partial charge in [-0.05, 0) is 32.9 Å². The van der Waals surface area contributed by atoms with Crippen LogP contribution >= 0.6 is 11.6 Å². The third-order valence-electron chi connectivity index (χ3n) is 5.88. The van der Waals surface area contributed by atoms with Crippen LogP contribution in [0.1, 0.15) is 20.8 Å². The molecule has 3 aromatic rings. The number of fused-ring (bicyclic) bond motifs is 1. The van der Waals surface area contributed by atoms with Crippen LogP contribution in [0.2, 0.25) is 5.02 Å². The van der Waals surface area contributed by atoms with Crippen molar-refractivity contribution >= 4 is 28.2 Å². The van der Waals surface area contributed by atoms with E-state index in [4.69, 9.17) is 16.3 Å². The van der Waals surface area contributed by atoms with Crippen molar-refractivity contribution in [1.29, 1.82) is 0 Å². The number of anilines is 1. The number of nitrogens with zero attached hydrogens (tertiary/aromatic N) is 4. The summed E-state index contributed by atoms with van der Waals surface area (Å²) < 4.78 is 5.70. The number of halogens is 1. The van der Waals surface area contributed by atoms with E-state index in [1.165, 1.54) is 0 Å². The van der Waals surface area contributed by atoms with Crippen LogP contribution in [0.5, 0.6) is 0 Å². The van der Waals surface area contributed by atoms with Crippen molar-refractivity contribution in [2.24, 2.45) is 0 Å². The molecule has 0 radical (unpaired) electrons.